The van der Waals surface area contributed by atoms with E-state index in [0.717, 1.165) is 30.3 Å². The molecule has 1 saturated heterocycles. The van der Waals surface area contributed by atoms with Crippen LogP contribution in [0.15, 0.2) is 10.9 Å². The molecule has 0 amide bonds. The van der Waals surface area contributed by atoms with Gasteiger partial charge in [0.1, 0.15) is 5.01 Å². The van der Waals surface area contributed by atoms with Gasteiger partial charge in [0.2, 0.25) is 4.96 Å². The summed E-state index contributed by atoms with van der Waals surface area (Å²) in [5.41, 5.74) is 0.793. The standard InChI is InChI=1S/C12H16N4OS/c1-9-14-16-11(17)7-10(13-12(16)18-9)8-15-5-3-2-4-6-15/h7H,2-6,8H2,1H3. The van der Waals surface area contributed by atoms with Gasteiger partial charge in [0.05, 0.1) is 5.69 Å². The van der Waals surface area contributed by atoms with Gasteiger partial charge < -0.3 is 0 Å². The van der Waals surface area contributed by atoms with Crippen molar-refractivity contribution in [2.75, 3.05) is 13.1 Å². The Balaban J connectivity index is 1.89. The first-order valence-electron chi connectivity index (χ1n) is 6.31. The second-order valence-electron chi connectivity index (χ2n) is 4.74. The average Bonchev–Trinajstić information content (AvgIpc) is 2.72. The molecule has 96 valence electrons. The molecular weight excluding hydrogens is 248 g/mol. The smallest absolute Gasteiger partial charge is 0.275 e. The molecule has 1 aliphatic heterocycles. The third-order valence-electron chi connectivity index (χ3n) is 3.23. The fraction of sp³-hybridized carbons (Fsp3) is 0.583. The summed E-state index contributed by atoms with van der Waals surface area (Å²) in [4.78, 5) is 19.5. The third-order valence-corrected chi connectivity index (χ3v) is 4.06. The zero-order valence-electron chi connectivity index (χ0n) is 10.4. The fourth-order valence-corrected chi connectivity index (χ4v) is 3.15. The lowest BCUT2D eigenvalue weighted by Gasteiger charge is -2.25. The minimum Gasteiger partial charge on any atom is -0.298 e. The molecule has 3 rings (SSSR count). The first-order valence-corrected chi connectivity index (χ1v) is 7.13. The van der Waals surface area contributed by atoms with E-state index in [1.807, 2.05) is 6.92 Å². The normalized spacial score (nSPS) is 17.4. The quantitative estimate of drug-likeness (QED) is 0.823. The average molecular weight is 264 g/mol. The van der Waals surface area contributed by atoms with Crippen molar-refractivity contribution in [1.82, 2.24) is 19.5 Å². The van der Waals surface area contributed by atoms with Gasteiger partial charge in [-0.1, -0.05) is 17.8 Å². The van der Waals surface area contributed by atoms with Gasteiger partial charge in [0.25, 0.3) is 5.56 Å². The highest BCUT2D eigenvalue weighted by Crippen LogP contribution is 2.13. The lowest BCUT2D eigenvalue weighted by atomic mass is 10.1. The van der Waals surface area contributed by atoms with Crippen LogP contribution in [0.2, 0.25) is 0 Å². The van der Waals surface area contributed by atoms with E-state index in [-0.39, 0.29) is 5.56 Å². The SMILES string of the molecule is Cc1nn2c(=O)cc(CN3CCCCC3)nc2s1. The number of rotatable bonds is 2. The van der Waals surface area contributed by atoms with Crippen LogP contribution in [0, 0.1) is 6.92 Å². The maximum atomic E-state index is 11.9. The lowest BCUT2D eigenvalue weighted by molar-refractivity contribution is 0.218. The summed E-state index contributed by atoms with van der Waals surface area (Å²) < 4.78 is 1.39. The molecule has 5 nitrogen and oxygen atoms in total. The van der Waals surface area contributed by atoms with Crippen LogP contribution < -0.4 is 5.56 Å². The fourth-order valence-electron chi connectivity index (χ4n) is 2.38. The van der Waals surface area contributed by atoms with E-state index >= 15 is 0 Å². The second kappa shape index (κ2) is 4.78. The first kappa shape index (κ1) is 11.8. The molecule has 1 fully saturated rings. The van der Waals surface area contributed by atoms with Crippen molar-refractivity contribution in [2.45, 2.75) is 32.7 Å². The van der Waals surface area contributed by atoms with Crippen LogP contribution in [0.3, 0.4) is 0 Å². The molecule has 0 saturated carbocycles. The molecule has 1 aliphatic rings. The summed E-state index contributed by atoms with van der Waals surface area (Å²) in [6, 6.07) is 1.61. The summed E-state index contributed by atoms with van der Waals surface area (Å²) in [7, 11) is 0. The van der Waals surface area contributed by atoms with Gasteiger partial charge in [-0.3, -0.25) is 9.69 Å². The van der Waals surface area contributed by atoms with Gasteiger partial charge in [-0.2, -0.15) is 9.61 Å². The van der Waals surface area contributed by atoms with Gasteiger partial charge in [0.15, 0.2) is 0 Å². The number of piperidine rings is 1. The maximum absolute atomic E-state index is 11.9. The Bertz CT molecular complexity index is 612. The van der Waals surface area contributed by atoms with Gasteiger partial charge in [-0.15, -0.1) is 0 Å². The molecule has 0 N–H and O–H groups in total. The molecule has 0 radical (unpaired) electrons. The van der Waals surface area contributed by atoms with Crippen molar-refractivity contribution >= 4 is 16.3 Å². The first-order chi connectivity index (χ1) is 8.72. The molecule has 6 heteroatoms. The van der Waals surface area contributed by atoms with Crippen molar-refractivity contribution in [3.8, 4) is 0 Å². The Hall–Kier alpha value is -1.27. The maximum Gasteiger partial charge on any atom is 0.275 e. The van der Waals surface area contributed by atoms with Crippen molar-refractivity contribution in [2.24, 2.45) is 0 Å². The minimum absolute atomic E-state index is 0.0728. The Morgan fingerprint density at radius 2 is 2.11 bits per heavy atom. The van der Waals surface area contributed by atoms with E-state index in [1.54, 1.807) is 6.07 Å². The molecule has 2 aromatic heterocycles. The number of fused-ring (bicyclic) bond motifs is 1. The van der Waals surface area contributed by atoms with E-state index in [1.165, 1.54) is 35.1 Å². The molecule has 0 aromatic carbocycles. The highest BCUT2D eigenvalue weighted by atomic mass is 32.1. The molecule has 3 heterocycles. The van der Waals surface area contributed by atoms with Crippen LogP contribution in [-0.4, -0.2) is 32.6 Å². The topological polar surface area (TPSA) is 50.5 Å². The Labute approximate surface area is 109 Å². The molecule has 0 spiro atoms. The van der Waals surface area contributed by atoms with E-state index in [0.29, 0.717) is 4.96 Å². The van der Waals surface area contributed by atoms with E-state index in [2.05, 4.69) is 15.0 Å². The molecule has 2 aromatic rings. The lowest BCUT2D eigenvalue weighted by Crippen LogP contribution is -2.30. The highest BCUT2D eigenvalue weighted by Gasteiger charge is 2.13. The van der Waals surface area contributed by atoms with Crippen molar-refractivity contribution in [3.05, 3.63) is 27.1 Å². The van der Waals surface area contributed by atoms with E-state index in [4.69, 9.17) is 0 Å². The zero-order valence-corrected chi connectivity index (χ0v) is 11.2. The molecule has 0 unspecified atom stereocenters. The van der Waals surface area contributed by atoms with Gasteiger partial charge in [-0.25, -0.2) is 4.98 Å². The Morgan fingerprint density at radius 1 is 1.33 bits per heavy atom. The van der Waals surface area contributed by atoms with Crippen LogP contribution >= 0.6 is 11.3 Å². The third kappa shape index (κ3) is 2.30. The number of aromatic nitrogens is 3. The van der Waals surface area contributed by atoms with Gasteiger partial charge >= 0.3 is 0 Å². The summed E-state index contributed by atoms with van der Waals surface area (Å²) in [5.74, 6) is 0. The molecule has 0 atom stereocenters. The number of aryl methyl sites for hydroxylation is 1. The number of likely N-dealkylation sites (tertiary alicyclic amines) is 1. The highest BCUT2D eigenvalue weighted by molar-refractivity contribution is 7.16. The van der Waals surface area contributed by atoms with E-state index in [9.17, 15) is 4.79 Å². The van der Waals surface area contributed by atoms with Crippen LogP contribution in [-0.2, 0) is 6.54 Å². The molecule has 18 heavy (non-hydrogen) atoms. The zero-order chi connectivity index (χ0) is 12.5. The van der Waals surface area contributed by atoms with Crippen LogP contribution in [0.1, 0.15) is 30.0 Å². The van der Waals surface area contributed by atoms with Crippen LogP contribution in [0.25, 0.3) is 4.96 Å². The Morgan fingerprint density at radius 3 is 2.89 bits per heavy atom. The van der Waals surface area contributed by atoms with Crippen molar-refractivity contribution < 1.29 is 0 Å². The largest absolute Gasteiger partial charge is 0.298 e. The monoisotopic (exact) mass is 264 g/mol. The predicted molar refractivity (Wildman–Crippen MR) is 71.0 cm³/mol. The molecule has 0 bridgehead atoms. The molecular formula is C12H16N4OS. The summed E-state index contributed by atoms with van der Waals surface area (Å²) in [5, 5.41) is 5.02. The van der Waals surface area contributed by atoms with E-state index < -0.39 is 0 Å². The molecule has 0 aliphatic carbocycles. The van der Waals surface area contributed by atoms with Gasteiger partial charge in [0, 0.05) is 12.6 Å². The van der Waals surface area contributed by atoms with Crippen LogP contribution in [0.5, 0.6) is 0 Å². The number of hydrogen-bond donors (Lipinski definition) is 0. The summed E-state index contributed by atoms with van der Waals surface area (Å²) >= 11 is 1.46. The van der Waals surface area contributed by atoms with Crippen molar-refractivity contribution in [1.29, 1.82) is 0 Å². The Kier molecular flexibility index (Phi) is 3.13. The second-order valence-corrected chi connectivity index (χ2v) is 5.90. The summed E-state index contributed by atoms with van der Waals surface area (Å²) in [6.07, 6.45) is 3.82. The summed E-state index contributed by atoms with van der Waals surface area (Å²) in [6.45, 7) is 4.90. The predicted octanol–water partition coefficient (Wildman–Crippen LogP) is 1.45. The van der Waals surface area contributed by atoms with Crippen LogP contribution in [0.4, 0.5) is 0 Å². The number of hydrogen-bond acceptors (Lipinski definition) is 5. The minimum atomic E-state index is -0.0728. The number of nitrogens with zero attached hydrogens (tertiary/aromatic N) is 4. The van der Waals surface area contributed by atoms with Gasteiger partial charge in [-0.05, 0) is 32.9 Å². The van der Waals surface area contributed by atoms with Crippen molar-refractivity contribution in [3.63, 3.8) is 0 Å².